The Morgan fingerprint density at radius 3 is 2.69 bits per heavy atom. The first-order chi connectivity index (χ1) is 6.07. The van der Waals surface area contributed by atoms with E-state index in [0.29, 0.717) is 12.6 Å². The van der Waals surface area contributed by atoms with Crippen molar-refractivity contribution >= 4 is 5.91 Å². The minimum atomic E-state index is 0.116. The van der Waals surface area contributed by atoms with Crippen LogP contribution in [0.3, 0.4) is 0 Å². The van der Waals surface area contributed by atoms with Gasteiger partial charge >= 0.3 is 0 Å². The maximum absolute atomic E-state index is 11.2. The van der Waals surface area contributed by atoms with Crippen LogP contribution >= 0.6 is 0 Å². The van der Waals surface area contributed by atoms with Crippen molar-refractivity contribution in [3.8, 4) is 0 Å². The van der Waals surface area contributed by atoms with E-state index in [4.69, 9.17) is 0 Å². The average Bonchev–Trinajstić information content (AvgIpc) is 2.10. The normalized spacial score (nSPS) is 12.2. The van der Waals surface area contributed by atoms with Gasteiger partial charge < -0.3 is 10.2 Å². The van der Waals surface area contributed by atoms with Crippen LogP contribution < -0.4 is 5.32 Å². The van der Waals surface area contributed by atoms with Crippen LogP contribution in [0.4, 0.5) is 0 Å². The molecule has 0 saturated heterocycles. The predicted molar refractivity (Wildman–Crippen MR) is 55.6 cm³/mol. The molecule has 0 aliphatic carbocycles. The number of hydrogen-bond donors (Lipinski definition) is 1. The molecule has 0 aliphatic heterocycles. The summed E-state index contributed by atoms with van der Waals surface area (Å²) in [5.41, 5.74) is 0. The largest absolute Gasteiger partial charge is 0.348 e. The van der Waals surface area contributed by atoms with Gasteiger partial charge in [-0.15, -0.1) is 6.58 Å². The van der Waals surface area contributed by atoms with Crippen LogP contribution in [0.2, 0.25) is 0 Å². The molecule has 0 bridgehead atoms. The molecule has 0 saturated carbocycles. The molecule has 0 aromatic heterocycles. The number of rotatable bonds is 6. The van der Waals surface area contributed by atoms with E-state index < -0.39 is 0 Å². The Morgan fingerprint density at radius 2 is 2.23 bits per heavy atom. The molecule has 0 aromatic carbocycles. The Balaban J connectivity index is 3.51. The molecule has 0 unspecified atom stereocenters. The quantitative estimate of drug-likeness (QED) is 0.625. The van der Waals surface area contributed by atoms with Gasteiger partial charge in [0.05, 0.1) is 6.54 Å². The highest BCUT2D eigenvalue weighted by Gasteiger charge is 2.05. The van der Waals surface area contributed by atoms with Gasteiger partial charge in [0.25, 0.3) is 0 Å². The lowest BCUT2D eigenvalue weighted by molar-refractivity contribution is -0.127. The molecule has 76 valence electrons. The number of allylic oxidation sites excluding steroid dienone is 1. The Bertz CT molecular complexity index is 166. The van der Waals surface area contributed by atoms with Crippen LogP contribution in [0.15, 0.2) is 12.7 Å². The topological polar surface area (TPSA) is 32.3 Å². The van der Waals surface area contributed by atoms with Crippen LogP contribution in [-0.4, -0.2) is 37.5 Å². The molecule has 1 atom stereocenters. The summed E-state index contributed by atoms with van der Waals surface area (Å²) in [5, 5.41) is 3.16. The predicted octanol–water partition coefficient (Wildman–Crippen LogP) is 1.02. The Kier molecular flexibility index (Phi) is 6.24. The van der Waals surface area contributed by atoms with Crippen LogP contribution in [0.1, 0.15) is 19.8 Å². The lowest BCUT2D eigenvalue weighted by Gasteiger charge is -2.15. The highest BCUT2D eigenvalue weighted by Crippen LogP contribution is 1.95. The van der Waals surface area contributed by atoms with Crippen molar-refractivity contribution in [2.45, 2.75) is 25.8 Å². The van der Waals surface area contributed by atoms with Crippen LogP contribution in [0.25, 0.3) is 0 Å². The summed E-state index contributed by atoms with van der Waals surface area (Å²) >= 11 is 0. The molecule has 3 nitrogen and oxygen atoms in total. The van der Waals surface area contributed by atoms with E-state index in [9.17, 15) is 4.79 Å². The molecule has 1 N–H and O–H groups in total. The van der Waals surface area contributed by atoms with E-state index in [0.717, 1.165) is 12.8 Å². The number of carbonyl (C=O) groups excluding carboxylic acids is 1. The van der Waals surface area contributed by atoms with Gasteiger partial charge in [0.1, 0.15) is 0 Å². The fourth-order valence-corrected chi connectivity index (χ4v) is 0.890. The van der Waals surface area contributed by atoms with E-state index >= 15 is 0 Å². The molecule has 0 fully saturated rings. The third-order valence-corrected chi connectivity index (χ3v) is 1.90. The SMILES string of the molecule is C=CCC[C@@H](C)NCC(=O)N(C)C. The van der Waals surface area contributed by atoms with Crippen molar-refractivity contribution in [1.82, 2.24) is 10.2 Å². The second-order valence-corrected chi connectivity index (χ2v) is 3.44. The lowest BCUT2D eigenvalue weighted by Crippen LogP contribution is -2.37. The van der Waals surface area contributed by atoms with Crippen molar-refractivity contribution in [3.05, 3.63) is 12.7 Å². The summed E-state index contributed by atoms with van der Waals surface area (Å²) < 4.78 is 0. The first-order valence-electron chi connectivity index (χ1n) is 4.62. The highest BCUT2D eigenvalue weighted by atomic mass is 16.2. The fraction of sp³-hybridized carbons (Fsp3) is 0.700. The van der Waals surface area contributed by atoms with Crippen molar-refractivity contribution < 1.29 is 4.79 Å². The van der Waals surface area contributed by atoms with Crippen LogP contribution in [0, 0.1) is 0 Å². The van der Waals surface area contributed by atoms with Crippen molar-refractivity contribution in [2.24, 2.45) is 0 Å². The molecule has 3 heteroatoms. The number of carbonyl (C=O) groups is 1. The van der Waals surface area contributed by atoms with Gasteiger partial charge in [-0.25, -0.2) is 0 Å². The molecule has 0 aromatic rings. The average molecular weight is 184 g/mol. The lowest BCUT2D eigenvalue weighted by atomic mass is 10.2. The molecule has 0 heterocycles. The smallest absolute Gasteiger partial charge is 0.236 e. The van der Waals surface area contributed by atoms with Gasteiger partial charge in [-0.05, 0) is 19.8 Å². The van der Waals surface area contributed by atoms with E-state index in [1.54, 1.807) is 19.0 Å². The third kappa shape index (κ3) is 6.34. The zero-order valence-corrected chi connectivity index (χ0v) is 8.84. The standard InChI is InChI=1S/C10H20N2O/c1-5-6-7-9(2)11-8-10(13)12(3)4/h5,9,11H,1,6-8H2,2-4H3/t9-/m1/s1. The molecule has 13 heavy (non-hydrogen) atoms. The monoisotopic (exact) mass is 184 g/mol. The van der Waals surface area contributed by atoms with Gasteiger partial charge in [-0.1, -0.05) is 6.08 Å². The maximum atomic E-state index is 11.2. The molecule has 0 radical (unpaired) electrons. The second kappa shape index (κ2) is 6.66. The van der Waals surface area contributed by atoms with Crippen molar-refractivity contribution in [1.29, 1.82) is 0 Å². The number of nitrogens with zero attached hydrogens (tertiary/aromatic N) is 1. The molecule has 0 spiro atoms. The third-order valence-electron chi connectivity index (χ3n) is 1.90. The van der Waals surface area contributed by atoms with Crippen molar-refractivity contribution in [2.75, 3.05) is 20.6 Å². The van der Waals surface area contributed by atoms with E-state index in [2.05, 4.69) is 18.8 Å². The zero-order valence-electron chi connectivity index (χ0n) is 8.84. The van der Waals surface area contributed by atoms with Gasteiger partial charge in [0, 0.05) is 20.1 Å². The molecular weight excluding hydrogens is 164 g/mol. The minimum absolute atomic E-state index is 0.116. The molecular formula is C10H20N2O. The Labute approximate surface area is 80.8 Å². The summed E-state index contributed by atoms with van der Waals surface area (Å²) in [4.78, 5) is 12.8. The van der Waals surface area contributed by atoms with Crippen molar-refractivity contribution in [3.63, 3.8) is 0 Å². The first kappa shape index (κ1) is 12.2. The van der Waals surface area contributed by atoms with Gasteiger partial charge in [0.15, 0.2) is 0 Å². The summed E-state index contributed by atoms with van der Waals surface area (Å²) in [7, 11) is 3.52. The minimum Gasteiger partial charge on any atom is -0.348 e. The fourth-order valence-electron chi connectivity index (χ4n) is 0.890. The Morgan fingerprint density at radius 1 is 1.62 bits per heavy atom. The Hall–Kier alpha value is -0.830. The van der Waals surface area contributed by atoms with Crippen LogP contribution in [0.5, 0.6) is 0 Å². The summed E-state index contributed by atoms with van der Waals surface area (Å²) in [5.74, 6) is 0.116. The van der Waals surface area contributed by atoms with E-state index in [-0.39, 0.29) is 5.91 Å². The van der Waals surface area contributed by atoms with Gasteiger partial charge in [-0.2, -0.15) is 0 Å². The highest BCUT2D eigenvalue weighted by molar-refractivity contribution is 5.77. The number of likely N-dealkylation sites (N-methyl/N-ethyl adjacent to an activating group) is 1. The molecule has 1 amide bonds. The van der Waals surface area contributed by atoms with Gasteiger partial charge in [-0.3, -0.25) is 4.79 Å². The molecule has 0 rings (SSSR count). The maximum Gasteiger partial charge on any atom is 0.236 e. The summed E-state index contributed by atoms with van der Waals surface area (Å²) in [6.45, 7) is 6.15. The van der Waals surface area contributed by atoms with Crippen LogP contribution in [-0.2, 0) is 4.79 Å². The van der Waals surface area contributed by atoms with E-state index in [1.165, 1.54) is 0 Å². The number of hydrogen-bond acceptors (Lipinski definition) is 2. The molecule has 0 aliphatic rings. The summed E-state index contributed by atoms with van der Waals surface area (Å²) in [6.07, 6.45) is 3.92. The first-order valence-corrected chi connectivity index (χ1v) is 4.62. The summed E-state index contributed by atoms with van der Waals surface area (Å²) in [6, 6.07) is 0.377. The zero-order chi connectivity index (χ0) is 10.3. The second-order valence-electron chi connectivity index (χ2n) is 3.44. The van der Waals surface area contributed by atoms with Gasteiger partial charge in [0.2, 0.25) is 5.91 Å². The number of nitrogens with one attached hydrogen (secondary N) is 1. The van der Waals surface area contributed by atoms with E-state index in [1.807, 2.05) is 6.08 Å². The number of amides is 1.